The molecule has 3 aliphatic rings. The lowest BCUT2D eigenvalue weighted by molar-refractivity contribution is -0.375. The van der Waals surface area contributed by atoms with Crippen LogP contribution in [0.3, 0.4) is 0 Å². The van der Waals surface area contributed by atoms with Gasteiger partial charge in [0, 0.05) is 0 Å². The molecule has 278 valence electrons. The Morgan fingerprint density at radius 1 is 0.860 bits per heavy atom. The highest BCUT2D eigenvalue weighted by molar-refractivity contribution is 6.74. The van der Waals surface area contributed by atoms with E-state index in [4.69, 9.17) is 42.3 Å². The van der Waals surface area contributed by atoms with E-state index in [1.165, 1.54) is 0 Å². The molecule has 0 amide bonds. The van der Waals surface area contributed by atoms with Crippen molar-refractivity contribution in [2.24, 2.45) is 0 Å². The van der Waals surface area contributed by atoms with Crippen LogP contribution in [0.15, 0.2) is 73.3 Å². The van der Waals surface area contributed by atoms with E-state index in [1.807, 2.05) is 88.4 Å². The molecule has 50 heavy (non-hydrogen) atoms. The summed E-state index contributed by atoms with van der Waals surface area (Å²) in [6.07, 6.45) is -5.08. The minimum absolute atomic E-state index is 0.0334. The van der Waals surface area contributed by atoms with Crippen molar-refractivity contribution in [1.82, 2.24) is 0 Å². The number of ether oxygens (including phenoxy) is 8. The summed E-state index contributed by atoms with van der Waals surface area (Å²) in [6.45, 7) is 23.5. The first-order valence-corrected chi connectivity index (χ1v) is 20.6. The SMILES string of the molecule is C=C[C@@H](O[C@H]1O[C@@H]2COC(C)(C)O[C@H]2[C@@H]2OC(C)(C)O[C@H]12)[C@H](O)[C@H](OCc1ccccc1)[C@H](CO[Si](C)(C)C(C)(C)C)OCc1ccccc1. The minimum atomic E-state index is -2.21. The molecule has 9 atom stereocenters. The maximum Gasteiger partial charge on any atom is 0.192 e. The van der Waals surface area contributed by atoms with Crippen LogP contribution >= 0.6 is 0 Å². The number of aliphatic hydroxyl groups excluding tert-OH is 1. The molecule has 3 heterocycles. The van der Waals surface area contributed by atoms with Gasteiger partial charge in [-0.2, -0.15) is 0 Å². The third kappa shape index (κ3) is 9.70. The van der Waals surface area contributed by atoms with Crippen molar-refractivity contribution in [2.75, 3.05) is 13.2 Å². The highest BCUT2D eigenvalue weighted by Crippen LogP contribution is 2.43. The first kappa shape index (κ1) is 39.2. The third-order valence-electron chi connectivity index (χ3n) is 10.0. The van der Waals surface area contributed by atoms with Crippen molar-refractivity contribution in [3.8, 4) is 0 Å². The zero-order valence-corrected chi connectivity index (χ0v) is 32.2. The molecule has 0 unspecified atom stereocenters. The molecule has 10 nitrogen and oxygen atoms in total. The predicted octanol–water partition coefficient (Wildman–Crippen LogP) is 6.51. The lowest BCUT2D eigenvalue weighted by Crippen LogP contribution is -2.64. The van der Waals surface area contributed by atoms with Gasteiger partial charge in [-0.25, -0.2) is 0 Å². The Balaban J connectivity index is 1.41. The molecule has 11 heteroatoms. The molecule has 0 bridgehead atoms. The lowest BCUT2D eigenvalue weighted by atomic mass is 9.97. The summed E-state index contributed by atoms with van der Waals surface area (Å²) in [6, 6.07) is 19.8. The average Bonchev–Trinajstić information content (AvgIpc) is 3.40. The van der Waals surface area contributed by atoms with E-state index >= 15 is 0 Å². The molecule has 0 aliphatic carbocycles. The fourth-order valence-electron chi connectivity index (χ4n) is 6.18. The maximum atomic E-state index is 12.3. The Morgan fingerprint density at radius 3 is 2.00 bits per heavy atom. The maximum absolute atomic E-state index is 12.3. The Labute approximate surface area is 299 Å². The van der Waals surface area contributed by atoms with Gasteiger partial charge in [0.15, 0.2) is 26.2 Å². The van der Waals surface area contributed by atoms with Gasteiger partial charge >= 0.3 is 0 Å². The summed E-state index contributed by atoms with van der Waals surface area (Å²) in [5, 5.41) is 12.2. The summed E-state index contributed by atoms with van der Waals surface area (Å²) in [5.41, 5.74) is 1.95. The smallest absolute Gasteiger partial charge is 0.192 e. The Kier molecular flexibility index (Phi) is 12.5. The average molecular weight is 715 g/mol. The van der Waals surface area contributed by atoms with Crippen LogP contribution < -0.4 is 0 Å². The molecular formula is C39H58O10Si. The van der Waals surface area contributed by atoms with Crippen LogP contribution in [-0.4, -0.2) is 93.3 Å². The lowest BCUT2D eigenvalue weighted by Gasteiger charge is -2.48. The summed E-state index contributed by atoms with van der Waals surface area (Å²) in [7, 11) is -2.21. The standard InChI is InChI=1S/C39H58O10Si/c1-11-28(45-36-35-34(48-39(7,8)49-35)33-30(46-36)24-43-38(5,6)47-33)31(40)32(42-23-27-20-16-13-17-21-27)29(25-44-50(9,10)37(2,3)4)41-22-26-18-14-12-15-19-26/h11-21,28-36,40H,1,22-25H2,2-10H3/t28-,29+,30-,31+,32-,33-,34+,35+,36+/m1/s1. The van der Waals surface area contributed by atoms with E-state index < -0.39 is 75.0 Å². The highest BCUT2D eigenvalue weighted by Gasteiger charge is 2.59. The fraction of sp³-hybridized carbons (Fsp3) is 0.641. The summed E-state index contributed by atoms with van der Waals surface area (Å²) >= 11 is 0. The summed E-state index contributed by atoms with van der Waals surface area (Å²) in [4.78, 5) is 0. The topological polar surface area (TPSA) is 103 Å². The second-order valence-corrected chi connectivity index (χ2v) is 20.7. The molecule has 1 N–H and O–H groups in total. The van der Waals surface area contributed by atoms with Crippen molar-refractivity contribution >= 4 is 8.32 Å². The van der Waals surface area contributed by atoms with Gasteiger partial charge in [0.05, 0.1) is 26.4 Å². The minimum Gasteiger partial charge on any atom is -0.414 e. The number of fused-ring (bicyclic) bond motifs is 3. The van der Waals surface area contributed by atoms with Gasteiger partial charge in [-0.15, -0.1) is 6.58 Å². The normalized spacial score (nSPS) is 28.6. The second kappa shape index (κ2) is 15.9. The van der Waals surface area contributed by atoms with Crippen LogP contribution in [0.5, 0.6) is 0 Å². The molecule has 3 aliphatic heterocycles. The van der Waals surface area contributed by atoms with Gasteiger partial charge in [-0.1, -0.05) is 87.5 Å². The number of hydrogen-bond donors (Lipinski definition) is 1. The molecule has 0 aromatic heterocycles. The second-order valence-electron chi connectivity index (χ2n) is 15.9. The third-order valence-corrected chi connectivity index (χ3v) is 14.5. The number of benzene rings is 2. The van der Waals surface area contributed by atoms with Gasteiger partial charge in [0.1, 0.15) is 48.8 Å². The molecule has 5 rings (SSSR count). The first-order chi connectivity index (χ1) is 23.5. The molecule has 2 aromatic rings. The van der Waals surface area contributed by atoms with Crippen molar-refractivity contribution in [2.45, 2.75) is 147 Å². The van der Waals surface area contributed by atoms with Crippen molar-refractivity contribution in [3.63, 3.8) is 0 Å². The van der Waals surface area contributed by atoms with Crippen molar-refractivity contribution in [1.29, 1.82) is 0 Å². The van der Waals surface area contributed by atoms with Crippen LogP contribution in [-0.2, 0) is 55.5 Å². The molecule has 0 saturated carbocycles. The van der Waals surface area contributed by atoms with Gasteiger partial charge < -0.3 is 47.4 Å². The highest BCUT2D eigenvalue weighted by atomic mass is 28.4. The Hall–Kier alpha value is -2.00. The number of hydrogen-bond acceptors (Lipinski definition) is 10. The van der Waals surface area contributed by atoms with Crippen molar-refractivity contribution < 1.29 is 47.4 Å². The van der Waals surface area contributed by atoms with E-state index in [-0.39, 0.29) is 24.9 Å². The Morgan fingerprint density at radius 2 is 1.42 bits per heavy atom. The van der Waals surface area contributed by atoms with Gasteiger partial charge in [0.2, 0.25) is 0 Å². The molecule has 0 spiro atoms. The van der Waals surface area contributed by atoms with E-state index in [2.05, 4.69) is 40.4 Å². The monoisotopic (exact) mass is 714 g/mol. The van der Waals surface area contributed by atoms with Gasteiger partial charge in [0.25, 0.3) is 0 Å². The van der Waals surface area contributed by atoms with Crippen LogP contribution in [0.25, 0.3) is 0 Å². The molecule has 3 fully saturated rings. The van der Waals surface area contributed by atoms with E-state index in [9.17, 15) is 5.11 Å². The summed E-state index contributed by atoms with van der Waals surface area (Å²) in [5.74, 6) is -1.70. The van der Waals surface area contributed by atoms with E-state index in [0.29, 0.717) is 6.61 Å². The zero-order valence-electron chi connectivity index (χ0n) is 31.2. The van der Waals surface area contributed by atoms with Crippen LogP contribution in [0.4, 0.5) is 0 Å². The van der Waals surface area contributed by atoms with Crippen molar-refractivity contribution in [3.05, 3.63) is 84.4 Å². The van der Waals surface area contributed by atoms with Crippen LogP contribution in [0, 0.1) is 0 Å². The Bertz CT molecular complexity index is 1360. The zero-order chi connectivity index (χ0) is 36.3. The van der Waals surface area contributed by atoms with E-state index in [0.717, 1.165) is 11.1 Å². The first-order valence-electron chi connectivity index (χ1n) is 17.7. The predicted molar refractivity (Wildman–Crippen MR) is 192 cm³/mol. The largest absolute Gasteiger partial charge is 0.414 e. The van der Waals surface area contributed by atoms with Gasteiger partial charge in [-0.3, -0.25) is 0 Å². The van der Waals surface area contributed by atoms with E-state index in [1.54, 1.807) is 6.08 Å². The van der Waals surface area contributed by atoms with Crippen LogP contribution in [0.2, 0.25) is 18.1 Å². The molecule has 2 aromatic carbocycles. The number of rotatable bonds is 15. The van der Waals surface area contributed by atoms with Crippen LogP contribution in [0.1, 0.15) is 59.6 Å². The summed E-state index contributed by atoms with van der Waals surface area (Å²) < 4.78 is 57.8. The fourth-order valence-corrected chi connectivity index (χ4v) is 7.20. The molecule has 3 saturated heterocycles. The number of aliphatic hydroxyl groups is 1. The quantitative estimate of drug-likeness (QED) is 0.162. The molecule has 0 radical (unpaired) electrons. The molecular weight excluding hydrogens is 657 g/mol. The van der Waals surface area contributed by atoms with Gasteiger partial charge in [-0.05, 0) is 57.0 Å².